The van der Waals surface area contributed by atoms with Crippen LogP contribution in [0.3, 0.4) is 0 Å². The molecule has 0 saturated heterocycles. The van der Waals surface area contributed by atoms with Crippen molar-refractivity contribution in [2.24, 2.45) is 5.92 Å². The molecule has 0 amide bonds. The minimum absolute atomic E-state index is 0.0144. The molecule has 41 heavy (non-hydrogen) atoms. The van der Waals surface area contributed by atoms with E-state index in [4.69, 9.17) is 9.05 Å². The fourth-order valence-electron chi connectivity index (χ4n) is 5.66. The Hall–Kier alpha value is -1.57. The van der Waals surface area contributed by atoms with Crippen LogP contribution in [0.25, 0.3) is 0 Å². The fraction of sp³-hybridized carbons (Fsp3) is 0.676. The number of unbranched alkanes of at least 4 members (excludes halogenated alkanes) is 1. The average Bonchev–Trinajstić information content (AvgIpc) is 2.79. The van der Waals surface area contributed by atoms with E-state index in [0.717, 1.165) is 59.4 Å². The Labute approximate surface area is 253 Å². The predicted molar refractivity (Wildman–Crippen MR) is 179 cm³/mol. The molecule has 0 bridgehead atoms. The molecule has 1 unspecified atom stereocenters. The van der Waals surface area contributed by atoms with Crippen LogP contribution in [0.4, 0.5) is 0 Å². The summed E-state index contributed by atoms with van der Waals surface area (Å²) in [7, 11) is -3.32. The smallest absolute Gasteiger partial charge is 0.277 e. The van der Waals surface area contributed by atoms with E-state index in [-0.39, 0.29) is 21.7 Å². The van der Waals surface area contributed by atoms with E-state index in [1.807, 2.05) is 0 Å². The summed E-state index contributed by atoms with van der Waals surface area (Å²) in [5.74, 6) is 2.00. The summed E-state index contributed by atoms with van der Waals surface area (Å²) in [6, 6.07) is 9.29. The van der Waals surface area contributed by atoms with Gasteiger partial charge in [0.25, 0.3) is 0 Å². The van der Waals surface area contributed by atoms with Gasteiger partial charge in [0.05, 0.1) is 0 Å². The van der Waals surface area contributed by atoms with E-state index in [2.05, 4.69) is 121 Å². The molecule has 0 aromatic heterocycles. The van der Waals surface area contributed by atoms with Crippen LogP contribution in [0.1, 0.15) is 156 Å². The van der Waals surface area contributed by atoms with Crippen molar-refractivity contribution in [3.05, 3.63) is 57.6 Å². The van der Waals surface area contributed by atoms with Gasteiger partial charge in [-0.15, -0.1) is 0 Å². The van der Waals surface area contributed by atoms with Crippen LogP contribution in [0, 0.1) is 5.92 Å². The second kappa shape index (κ2) is 11.8. The van der Waals surface area contributed by atoms with Gasteiger partial charge in [0.1, 0.15) is 0 Å². The third kappa shape index (κ3) is 8.08. The molecule has 2 aromatic rings. The van der Waals surface area contributed by atoms with Gasteiger partial charge < -0.3 is 0 Å². The average molecular weight is 584 g/mol. The molecule has 230 valence electrons. The first-order valence-electron chi connectivity index (χ1n) is 15.9. The zero-order valence-corrected chi connectivity index (χ0v) is 29.7. The molecule has 2 aromatic carbocycles. The molecule has 1 atom stereocenters. The van der Waals surface area contributed by atoms with E-state index in [1.54, 1.807) is 0 Å². The molecule has 0 aliphatic carbocycles. The van der Waals surface area contributed by atoms with Crippen molar-refractivity contribution >= 4 is 7.94 Å². The Kier molecular flexibility index (Phi) is 9.80. The molecule has 4 heteroatoms. The maximum atomic E-state index is 12.6. The molecule has 1 aliphatic rings. The normalized spacial score (nSPS) is 16.6. The first-order valence-corrected chi connectivity index (χ1v) is 17.7. The summed E-state index contributed by atoms with van der Waals surface area (Å²) >= 11 is 0. The van der Waals surface area contributed by atoms with E-state index in [9.17, 15) is 4.89 Å². The Morgan fingerprint density at radius 1 is 0.683 bits per heavy atom. The van der Waals surface area contributed by atoms with Crippen molar-refractivity contribution in [1.29, 1.82) is 0 Å². The van der Waals surface area contributed by atoms with Gasteiger partial charge in [-0.1, -0.05) is 134 Å². The molecular weight excluding hydrogens is 523 g/mol. The summed E-state index contributed by atoms with van der Waals surface area (Å²) in [6.45, 7) is 31.6. The number of benzene rings is 2. The van der Waals surface area contributed by atoms with Crippen molar-refractivity contribution in [2.45, 2.75) is 151 Å². The largest absolute Gasteiger partial charge is 0.495 e. The SMILES string of the molecule is CCCCC(CC)C[P+]1(O)Oc2c(cc(C(C)(C)C)cc2C(C)(C)C)Cc2cc(C(C)(C)C)cc(C(C)(C)C)c2O1. The predicted octanol–water partition coefficient (Wildman–Crippen LogP) is 11.2. The van der Waals surface area contributed by atoms with Gasteiger partial charge in [-0.05, 0) is 45.6 Å². The van der Waals surface area contributed by atoms with E-state index < -0.39 is 7.94 Å². The topological polar surface area (TPSA) is 38.7 Å². The molecule has 0 radical (unpaired) electrons. The highest BCUT2D eigenvalue weighted by molar-refractivity contribution is 7.61. The van der Waals surface area contributed by atoms with E-state index in [0.29, 0.717) is 18.5 Å². The van der Waals surface area contributed by atoms with Gasteiger partial charge in [-0.2, -0.15) is 4.89 Å². The fourth-order valence-corrected chi connectivity index (χ4v) is 7.95. The van der Waals surface area contributed by atoms with Crippen LogP contribution in [0.2, 0.25) is 0 Å². The minimum Gasteiger partial charge on any atom is -0.277 e. The zero-order valence-electron chi connectivity index (χ0n) is 28.8. The second-order valence-electron chi connectivity index (χ2n) is 16.6. The Bertz CT molecular complexity index is 1130. The van der Waals surface area contributed by atoms with E-state index >= 15 is 0 Å². The van der Waals surface area contributed by atoms with Crippen LogP contribution in [-0.2, 0) is 28.1 Å². The highest BCUT2D eigenvalue weighted by atomic mass is 31.2. The molecule has 3 rings (SSSR count). The lowest BCUT2D eigenvalue weighted by Gasteiger charge is -2.34. The lowest BCUT2D eigenvalue weighted by atomic mass is 9.76. The second-order valence-corrected chi connectivity index (χ2v) is 18.6. The highest BCUT2D eigenvalue weighted by Gasteiger charge is 2.50. The first kappa shape index (κ1) is 33.9. The van der Waals surface area contributed by atoms with Crippen molar-refractivity contribution < 1.29 is 13.9 Å². The quantitative estimate of drug-likeness (QED) is 0.344. The van der Waals surface area contributed by atoms with Crippen LogP contribution >= 0.6 is 7.94 Å². The Morgan fingerprint density at radius 3 is 1.41 bits per heavy atom. The molecule has 0 fully saturated rings. The third-order valence-electron chi connectivity index (χ3n) is 8.56. The number of fused-ring (bicyclic) bond motifs is 2. The summed E-state index contributed by atoms with van der Waals surface area (Å²) in [6.07, 6.45) is 5.62. The van der Waals surface area contributed by atoms with Crippen LogP contribution < -0.4 is 9.05 Å². The maximum absolute atomic E-state index is 12.6. The number of rotatable bonds is 6. The van der Waals surface area contributed by atoms with Gasteiger partial charge in [0.2, 0.25) is 0 Å². The van der Waals surface area contributed by atoms with Crippen LogP contribution in [0.5, 0.6) is 11.5 Å². The summed E-state index contributed by atoms with van der Waals surface area (Å²) in [4.78, 5) is 12.6. The van der Waals surface area contributed by atoms with Crippen LogP contribution in [0.15, 0.2) is 24.3 Å². The highest BCUT2D eigenvalue weighted by Crippen LogP contribution is 2.63. The van der Waals surface area contributed by atoms with Gasteiger partial charge in [0.15, 0.2) is 17.7 Å². The third-order valence-corrected chi connectivity index (χ3v) is 10.5. The number of hydrogen-bond acceptors (Lipinski definition) is 3. The molecule has 1 aliphatic heterocycles. The Morgan fingerprint density at radius 2 is 1.10 bits per heavy atom. The molecule has 1 heterocycles. The van der Waals surface area contributed by atoms with Crippen molar-refractivity contribution in [2.75, 3.05) is 6.16 Å². The van der Waals surface area contributed by atoms with Gasteiger partial charge in [-0.3, -0.25) is 9.05 Å². The van der Waals surface area contributed by atoms with Crippen LogP contribution in [-0.4, -0.2) is 11.1 Å². The van der Waals surface area contributed by atoms with Crippen molar-refractivity contribution in [3.8, 4) is 11.5 Å². The van der Waals surface area contributed by atoms with Crippen molar-refractivity contribution in [3.63, 3.8) is 0 Å². The van der Waals surface area contributed by atoms with Gasteiger partial charge >= 0.3 is 7.94 Å². The Balaban J connectivity index is 2.42. The molecule has 0 saturated carbocycles. The zero-order chi connectivity index (χ0) is 31.2. The maximum Gasteiger partial charge on any atom is 0.495 e. The molecule has 3 nitrogen and oxygen atoms in total. The van der Waals surface area contributed by atoms with E-state index in [1.165, 1.54) is 11.1 Å². The summed E-state index contributed by atoms with van der Waals surface area (Å²) < 4.78 is 13.9. The number of hydrogen-bond donors (Lipinski definition) is 1. The van der Waals surface area contributed by atoms with Crippen molar-refractivity contribution in [1.82, 2.24) is 0 Å². The lowest BCUT2D eigenvalue weighted by Crippen LogP contribution is -2.26. The standard InChI is InChI=1S/C37H60O3P/c1-15-17-18-25(16-2)24-41(38)39-32-26(20-28(34(3,4)5)22-30(32)36(9,10)11)19-27-21-29(35(6,7)8)23-31(33(27)40-41)37(12,13)14/h20-23,25,38H,15-19,24H2,1-14H3/q+1. The monoisotopic (exact) mass is 583 g/mol. The molecular formula is C37H60O3P+. The first-order chi connectivity index (χ1) is 18.6. The van der Waals surface area contributed by atoms with Gasteiger partial charge in [0, 0.05) is 34.6 Å². The van der Waals surface area contributed by atoms with Gasteiger partial charge in [-0.25, -0.2) is 0 Å². The summed E-state index contributed by atoms with van der Waals surface area (Å²) in [5.41, 5.74) is 6.85. The minimum atomic E-state index is -3.32. The summed E-state index contributed by atoms with van der Waals surface area (Å²) in [5, 5.41) is 0. The molecule has 0 spiro atoms. The molecule has 1 N–H and O–H groups in total. The lowest BCUT2D eigenvalue weighted by molar-refractivity contribution is 0.317.